The Labute approximate surface area is 126 Å². The van der Waals surface area contributed by atoms with Gasteiger partial charge in [-0.15, -0.1) is 0 Å². The van der Waals surface area contributed by atoms with Gasteiger partial charge >= 0.3 is 6.03 Å². The van der Waals surface area contributed by atoms with Gasteiger partial charge in [0.15, 0.2) is 0 Å². The van der Waals surface area contributed by atoms with E-state index >= 15 is 0 Å². The number of nitrogens with one attached hydrogen (secondary N) is 2. The van der Waals surface area contributed by atoms with Gasteiger partial charge in [0, 0.05) is 11.8 Å². The van der Waals surface area contributed by atoms with Crippen LogP contribution in [0.4, 0.5) is 10.5 Å². The number of rotatable bonds is 7. The van der Waals surface area contributed by atoms with Gasteiger partial charge in [0.2, 0.25) is 0 Å². The summed E-state index contributed by atoms with van der Waals surface area (Å²) >= 11 is 0. The van der Waals surface area contributed by atoms with Gasteiger partial charge in [0.05, 0.1) is 19.3 Å². The van der Waals surface area contributed by atoms with E-state index in [1.165, 1.54) is 0 Å². The SMILES string of the molecule is Cc1ccc(NC(=O)NC(C)CO)cc1OCCC(C)C. The predicted octanol–water partition coefficient (Wildman–Crippen LogP) is 2.92. The second-order valence-electron chi connectivity index (χ2n) is 5.69. The van der Waals surface area contributed by atoms with Crippen LogP contribution in [0, 0.1) is 12.8 Å². The molecule has 1 aromatic rings. The number of hydrogen-bond donors (Lipinski definition) is 3. The van der Waals surface area contributed by atoms with Crippen molar-refractivity contribution in [2.75, 3.05) is 18.5 Å². The lowest BCUT2D eigenvalue weighted by molar-refractivity contribution is 0.229. The molecule has 21 heavy (non-hydrogen) atoms. The van der Waals surface area contributed by atoms with Crippen LogP contribution < -0.4 is 15.4 Å². The second kappa shape index (κ2) is 8.52. The number of benzene rings is 1. The number of urea groups is 1. The highest BCUT2D eigenvalue weighted by molar-refractivity contribution is 5.89. The summed E-state index contributed by atoms with van der Waals surface area (Å²) in [5.74, 6) is 1.38. The molecule has 0 saturated heterocycles. The van der Waals surface area contributed by atoms with Crippen molar-refractivity contribution in [3.63, 3.8) is 0 Å². The zero-order valence-electron chi connectivity index (χ0n) is 13.3. The van der Waals surface area contributed by atoms with E-state index in [1.54, 1.807) is 6.92 Å². The molecule has 0 heterocycles. The Morgan fingerprint density at radius 3 is 2.67 bits per heavy atom. The van der Waals surface area contributed by atoms with Gasteiger partial charge in [-0.1, -0.05) is 19.9 Å². The lowest BCUT2D eigenvalue weighted by Crippen LogP contribution is -2.38. The van der Waals surface area contributed by atoms with Crippen LogP contribution in [-0.4, -0.2) is 30.4 Å². The van der Waals surface area contributed by atoms with Crippen LogP contribution in [0.3, 0.4) is 0 Å². The Hall–Kier alpha value is -1.75. The highest BCUT2D eigenvalue weighted by atomic mass is 16.5. The average molecular weight is 294 g/mol. The third kappa shape index (κ3) is 6.49. The van der Waals surface area contributed by atoms with E-state index < -0.39 is 0 Å². The van der Waals surface area contributed by atoms with Crippen molar-refractivity contribution >= 4 is 11.7 Å². The molecule has 1 unspecified atom stereocenters. The van der Waals surface area contributed by atoms with Gasteiger partial charge in [-0.05, 0) is 37.8 Å². The Kier molecular flexibility index (Phi) is 7.02. The Bertz CT molecular complexity index is 461. The number of aryl methyl sites for hydroxylation is 1. The first-order chi connectivity index (χ1) is 9.92. The molecule has 5 nitrogen and oxygen atoms in total. The molecule has 1 aromatic carbocycles. The lowest BCUT2D eigenvalue weighted by atomic mass is 10.1. The molecule has 0 aromatic heterocycles. The van der Waals surface area contributed by atoms with Crippen molar-refractivity contribution in [2.24, 2.45) is 5.92 Å². The molecule has 0 saturated carbocycles. The average Bonchev–Trinajstić information content (AvgIpc) is 2.41. The number of amides is 2. The maximum Gasteiger partial charge on any atom is 0.319 e. The minimum absolute atomic E-state index is 0.0924. The second-order valence-corrected chi connectivity index (χ2v) is 5.69. The number of aliphatic hydroxyl groups excluding tert-OH is 1. The van der Waals surface area contributed by atoms with Crippen molar-refractivity contribution < 1.29 is 14.6 Å². The molecule has 3 N–H and O–H groups in total. The van der Waals surface area contributed by atoms with Gasteiger partial charge < -0.3 is 20.5 Å². The molecule has 0 spiro atoms. The molecule has 0 fully saturated rings. The van der Waals surface area contributed by atoms with Crippen molar-refractivity contribution in [3.05, 3.63) is 23.8 Å². The number of carbonyl (C=O) groups excluding carboxylic acids is 1. The summed E-state index contributed by atoms with van der Waals surface area (Å²) in [5.41, 5.74) is 1.70. The molecule has 1 rings (SSSR count). The summed E-state index contributed by atoms with van der Waals surface area (Å²) in [6.07, 6.45) is 0.992. The van der Waals surface area contributed by atoms with E-state index in [0.717, 1.165) is 17.7 Å². The summed E-state index contributed by atoms with van der Waals surface area (Å²) in [6, 6.07) is 4.94. The molecule has 0 aliphatic heterocycles. The molecule has 0 aliphatic carbocycles. The number of carbonyl (C=O) groups is 1. The molecule has 2 amide bonds. The molecular formula is C16H26N2O3. The third-order valence-electron chi connectivity index (χ3n) is 3.05. The number of hydrogen-bond acceptors (Lipinski definition) is 3. The van der Waals surface area contributed by atoms with Crippen LogP contribution in [0.2, 0.25) is 0 Å². The lowest BCUT2D eigenvalue weighted by Gasteiger charge is -2.14. The van der Waals surface area contributed by atoms with Crippen molar-refractivity contribution in [3.8, 4) is 5.75 Å². The zero-order chi connectivity index (χ0) is 15.8. The summed E-state index contributed by atoms with van der Waals surface area (Å²) < 4.78 is 5.76. The first-order valence-electron chi connectivity index (χ1n) is 7.34. The quantitative estimate of drug-likeness (QED) is 0.724. The highest BCUT2D eigenvalue weighted by Gasteiger charge is 2.08. The molecule has 0 radical (unpaired) electrons. The van der Waals surface area contributed by atoms with Crippen LogP contribution in [0.15, 0.2) is 18.2 Å². The van der Waals surface area contributed by atoms with Gasteiger partial charge in [0.1, 0.15) is 5.75 Å². The first kappa shape index (κ1) is 17.3. The summed E-state index contributed by atoms with van der Waals surface area (Å²) in [6.45, 7) is 8.58. The van der Waals surface area contributed by atoms with Crippen LogP contribution in [0.1, 0.15) is 32.8 Å². The van der Waals surface area contributed by atoms with E-state index in [-0.39, 0.29) is 18.7 Å². The third-order valence-corrected chi connectivity index (χ3v) is 3.05. The van der Waals surface area contributed by atoms with Crippen LogP contribution in [0.25, 0.3) is 0 Å². The smallest absolute Gasteiger partial charge is 0.319 e. The minimum atomic E-state index is -0.339. The number of anilines is 1. The number of ether oxygens (including phenoxy) is 1. The molecule has 1 atom stereocenters. The van der Waals surface area contributed by atoms with Gasteiger partial charge in [-0.3, -0.25) is 0 Å². The van der Waals surface area contributed by atoms with Gasteiger partial charge in [-0.25, -0.2) is 4.79 Å². The topological polar surface area (TPSA) is 70.6 Å². The summed E-state index contributed by atoms with van der Waals surface area (Å²) in [5, 5.41) is 14.3. The van der Waals surface area contributed by atoms with Crippen LogP contribution in [-0.2, 0) is 0 Å². The van der Waals surface area contributed by atoms with Crippen molar-refractivity contribution in [1.29, 1.82) is 0 Å². The number of aliphatic hydroxyl groups is 1. The standard InChI is InChI=1S/C16H26N2O3/c1-11(2)7-8-21-15-9-14(6-5-12(15)3)18-16(20)17-13(4)10-19/h5-6,9,11,13,19H,7-8,10H2,1-4H3,(H2,17,18,20). The Morgan fingerprint density at radius 1 is 1.33 bits per heavy atom. The van der Waals surface area contributed by atoms with Gasteiger partial charge in [0.25, 0.3) is 0 Å². The Morgan fingerprint density at radius 2 is 2.05 bits per heavy atom. The monoisotopic (exact) mass is 294 g/mol. The molecule has 5 heteroatoms. The zero-order valence-corrected chi connectivity index (χ0v) is 13.3. The molecule has 0 bridgehead atoms. The first-order valence-corrected chi connectivity index (χ1v) is 7.34. The fraction of sp³-hybridized carbons (Fsp3) is 0.562. The maximum absolute atomic E-state index is 11.7. The summed E-state index contributed by atoms with van der Waals surface area (Å²) in [4.78, 5) is 11.7. The maximum atomic E-state index is 11.7. The molecule has 118 valence electrons. The predicted molar refractivity (Wildman–Crippen MR) is 84.8 cm³/mol. The van der Waals surface area contributed by atoms with Crippen LogP contribution in [0.5, 0.6) is 5.75 Å². The summed E-state index contributed by atoms with van der Waals surface area (Å²) in [7, 11) is 0. The largest absolute Gasteiger partial charge is 0.493 e. The fourth-order valence-corrected chi connectivity index (χ4v) is 1.67. The highest BCUT2D eigenvalue weighted by Crippen LogP contribution is 2.23. The molecular weight excluding hydrogens is 268 g/mol. The van der Waals surface area contributed by atoms with Gasteiger partial charge in [-0.2, -0.15) is 0 Å². The molecule has 0 aliphatic rings. The van der Waals surface area contributed by atoms with E-state index in [9.17, 15) is 4.79 Å². The van der Waals surface area contributed by atoms with E-state index in [2.05, 4.69) is 24.5 Å². The van der Waals surface area contributed by atoms with E-state index in [1.807, 2.05) is 25.1 Å². The fourth-order valence-electron chi connectivity index (χ4n) is 1.67. The van der Waals surface area contributed by atoms with E-state index in [4.69, 9.17) is 9.84 Å². The van der Waals surface area contributed by atoms with E-state index in [0.29, 0.717) is 18.2 Å². The Balaban J connectivity index is 2.61. The minimum Gasteiger partial charge on any atom is -0.493 e. The normalized spacial score (nSPS) is 12.1. The van der Waals surface area contributed by atoms with Crippen molar-refractivity contribution in [1.82, 2.24) is 5.32 Å². The van der Waals surface area contributed by atoms with Crippen molar-refractivity contribution in [2.45, 2.75) is 40.2 Å². The van der Waals surface area contributed by atoms with Crippen LogP contribution >= 0.6 is 0 Å².